The number of nitrogens with two attached hydrogens (primary N) is 1. The molecule has 0 amide bonds. The van der Waals surface area contributed by atoms with Gasteiger partial charge in [-0.2, -0.15) is 0 Å². The first-order chi connectivity index (χ1) is 8.04. The van der Waals surface area contributed by atoms with Crippen LogP contribution in [0.25, 0.3) is 0 Å². The smallest absolute Gasteiger partial charge is 0.330 e. The molecule has 18 heavy (non-hydrogen) atoms. The molecule has 1 aromatic carbocycles. The molecule has 99 valence electrons. The Hall–Kier alpha value is -0.995. The molecule has 0 heterocycles. The molecule has 0 aliphatic carbocycles. The van der Waals surface area contributed by atoms with Crippen LogP contribution < -0.4 is 11.2 Å². The van der Waals surface area contributed by atoms with E-state index in [-0.39, 0.29) is 0 Å². The van der Waals surface area contributed by atoms with Crippen LogP contribution in [0.5, 0.6) is 0 Å². The summed E-state index contributed by atoms with van der Waals surface area (Å²) in [7, 11) is 1.68. The Bertz CT molecular complexity index is 413. The molecule has 1 radical (unpaired) electrons. The first-order valence-corrected chi connectivity index (χ1v) is 6.15. The second-order valence-electron chi connectivity index (χ2n) is 5.87. The van der Waals surface area contributed by atoms with Gasteiger partial charge in [-0.3, -0.25) is 0 Å². The van der Waals surface area contributed by atoms with E-state index in [1.165, 1.54) is 0 Å². The average molecular weight is 248 g/mol. The maximum atomic E-state index is 10.0. The van der Waals surface area contributed by atoms with E-state index in [1.807, 2.05) is 39.8 Å². The minimum Gasteiger partial charge on any atom is -0.427 e. The molecular weight excluding hydrogens is 225 g/mol. The van der Waals surface area contributed by atoms with Crippen molar-refractivity contribution in [1.82, 2.24) is 0 Å². The minimum atomic E-state index is -0.915. The van der Waals surface area contributed by atoms with E-state index in [0.29, 0.717) is 0 Å². The van der Waals surface area contributed by atoms with Crippen LogP contribution in [0.4, 0.5) is 5.69 Å². The zero-order valence-electron chi connectivity index (χ0n) is 12.2. The van der Waals surface area contributed by atoms with Crippen LogP contribution in [0.2, 0.25) is 0 Å². The average Bonchev–Trinajstić information content (AvgIpc) is 2.21. The maximum Gasteiger partial charge on any atom is 0.330 e. The van der Waals surface area contributed by atoms with Gasteiger partial charge in [0.2, 0.25) is 0 Å². The summed E-state index contributed by atoms with van der Waals surface area (Å²) in [5, 5.41) is 10.0. The van der Waals surface area contributed by atoms with Crippen LogP contribution in [0.3, 0.4) is 0 Å². The van der Waals surface area contributed by atoms with Crippen molar-refractivity contribution in [1.29, 1.82) is 0 Å². The van der Waals surface area contributed by atoms with Gasteiger partial charge in [-0.15, -0.1) is 0 Å². The summed E-state index contributed by atoms with van der Waals surface area (Å²) in [6, 6.07) is 3.95. The number of benzene rings is 1. The van der Waals surface area contributed by atoms with E-state index in [2.05, 4.69) is 0 Å². The molecular formula is C14H23BNO2. The quantitative estimate of drug-likeness (QED) is 0.629. The fourth-order valence-electron chi connectivity index (χ4n) is 1.44. The lowest BCUT2D eigenvalue weighted by Gasteiger charge is -2.37. The van der Waals surface area contributed by atoms with Gasteiger partial charge in [0, 0.05) is 5.69 Å². The fourth-order valence-corrected chi connectivity index (χ4v) is 1.44. The van der Waals surface area contributed by atoms with E-state index >= 15 is 0 Å². The lowest BCUT2D eigenvalue weighted by Crippen LogP contribution is -2.49. The predicted molar refractivity (Wildman–Crippen MR) is 77.2 cm³/mol. The Kier molecular flexibility index (Phi) is 4.14. The summed E-state index contributed by atoms with van der Waals surface area (Å²) >= 11 is 0. The lowest BCUT2D eigenvalue weighted by molar-refractivity contribution is -0.0893. The largest absolute Gasteiger partial charge is 0.427 e. The number of nitrogen functional groups attached to an aromatic ring is 1. The molecule has 0 saturated carbocycles. The Morgan fingerprint density at radius 2 is 1.56 bits per heavy atom. The van der Waals surface area contributed by atoms with Gasteiger partial charge in [-0.05, 0) is 52.7 Å². The predicted octanol–water partition coefficient (Wildman–Crippen LogP) is 1.70. The van der Waals surface area contributed by atoms with E-state index in [9.17, 15) is 5.11 Å². The third kappa shape index (κ3) is 3.27. The zero-order chi connectivity index (χ0) is 14.1. The van der Waals surface area contributed by atoms with Gasteiger partial charge >= 0.3 is 7.48 Å². The highest BCUT2D eigenvalue weighted by Crippen LogP contribution is 2.24. The van der Waals surface area contributed by atoms with Crippen molar-refractivity contribution in [3.05, 3.63) is 23.3 Å². The first kappa shape index (κ1) is 15.1. The summed E-state index contributed by atoms with van der Waals surface area (Å²) < 4.78 is 5.71. The number of aryl methyl sites for hydroxylation is 2. The van der Waals surface area contributed by atoms with Crippen molar-refractivity contribution < 1.29 is 9.76 Å². The number of hydrogen-bond acceptors (Lipinski definition) is 3. The number of hydrogen-bond donors (Lipinski definition) is 2. The summed E-state index contributed by atoms with van der Waals surface area (Å²) in [5.74, 6) is 0. The number of anilines is 1. The minimum absolute atomic E-state index is 0.657. The molecule has 0 fully saturated rings. The van der Waals surface area contributed by atoms with E-state index in [1.54, 1.807) is 21.3 Å². The van der Waals surface area contributed by atoms with Crippen molar-refractivity contribution in [2.75, 3.05) is 5.73 Å². The van der Waals surface area contributed by atoms with Crippen LogP contribution in [-0.4, -0.2) is 23.8 Å². The Morgan fingerprint density at radius 1 is 1.11 bits per heavy atom. The highest BCUT2D eigenvalue weighted by atomic mass is 16.5. The molecule has 0 unspecified atom stereocenters. The van der Waals surface area contributed by atoms with Gasteiger partial charge in [-0.25, -0.2) is 0 Å². The standard InChI is InChI=1S/C14H23BNO2/c1-9-7-11(8-10(2)12(9)16)15-18-14(5,6)13(3,4)17/h7-8,17H,16H2,1-6H3. The topological polar surface area (TPSA) is 55.5 Å². The van der Waals surface area contributed by atoms with Gasteiger partial charge in [0.1, 0.15) is 0 Å². The van der Waals surface area contributed by atoms with Crippen LogP contribution in [-0.2, 0) is 4.65 Å². The molecule has 0 bridgehead atoms. The van der Waals surface area contributed by atoms with Crippen molar-refractivity contribution in [3.63, 3.8) is 0 Å². The summed E-state index contributed by atoms with van der Waals surface area (Å²) in [4.78, 5) is 0. The molecule has 3 nitrogen and oxygen atoms in total. The second kappa shape index (κ2) is 4.94. The maximum absolute atomic E-state index is 10.0. The van der Waals surface area contributed by atoms with Gasteiger partial charge in [0.25, 0.3) is 0 Å². The molecule has 0 aromatic heterocycles. The highest BCUT2D eigenvalue weighted by Gasteiger charge is 2.35. The van der Waals surface area contributed by atoms with Crippen LogP contribution in [0.1, 0.15) is 38.8 Å². The van der Waals surface area contributed by atoms with Crippen LogP contribution in [0.15, 0.2) is 12.1 Å². The van der Waals surface area contributed by atoms with Gasteiger partial charge in [-0.1, -0.05) is 17.6 Å². The normalized spacial score (nSPS) is 12.6. The molecule has 3 N–H and O–H groups in total. The number of aliphatic hydroxyl groups is 1. The van der Waals surface area contributed by atoms with Crippen molar-refractivity contribution >= 4 is 18.6 Å². The second-order valence-corrected chi connectivity index (χ2v) is 5.87. The summed E-state index contributed by atoms with van der Waals surface area (Å²) in [6.45, 7) is 11.1. The van der Waals surface area contributed by atoms with Crippen molar-refractivity contribution in [2.24, 2.45) is 0 Å². The lowest BCUT2D eigenvalue weighted by atomic mass is 9.81. The van der Waals surface area contributed by atoms with Gasteiger partial charge in [0.05, 0.1) is 11.2 Å². The van der Waals surface area contributed by atoms with Gasteiger partial charge in [0.15, 0.2) is 0 Å². The number of rotatable bonds is 4. The van der Waals surface area contributed by atoms with Gasteiger partial charge < -0.3 is 15.5 Å². The van der Waals surface area contributed by atoms with Crippen molar-refractivity contribution in [3.8, 4) is 0 Å². The third-order valence-electron chi connectivity index (χ3n) is 3.58. The van der Waals surface area contributed by atoms with E-state index < -0.39 is 11.2 Å². The molecule has 1 aromatic rings. The summed E-state index contributed by atoms with van der Waals surface area (Å²) in [5.41, 5.74) is 8.17. The first-order valence-electron chi connectivity index (χ1n) is 6.15. The highest BCUT2D eigenvalue weighted by molar-refractivity contribution is 6.47. The molecule has 1 rings (SSSR count). The molecule has 0 spiro atoms. The van der Waals surface area contributed by atoms with Crippen LogP contribution >= 0.6 is 0 Å². The zero-order valence-corrected chi connectivity index (χ0v) is 12.2. The summed E-state index contributed by atoms with van der Waals surface area (Å²) in [6.07, 6.45) is 0. The van der Waals surface area contributed by atoms with Crippen LogP contribution in [0, 0.1) is 13.8 Å². The SMILES string of the molecule is Cc1cc([B]OC(C)(C)C(C)(C)O)cc(C)c1N. The molecule has 0 aliphatic heterocycles. The molecule has 0 aliphatic rings. The Labute approximate surface area is 111 Å². The Morgan fingerprint density at radius 3 is 1.94 bits per heavy atom. The van der Waals surface area contributed by atoms with Crippen molar-refractivity contribution in [2.45, 2.75) is 52.7 Å². The molecule has 0 atom stereocenters. The van der Waals surface area contributed by atoms with E-state index in [0.717, 1.165) is 22.3 Å². The Balaban J connectivity index is 2.82. The van der Waals surface area contributed by atoms with E-state index in [4.69, 9.17) is 10.4 Å². The molecule has 4 heteroatoms. The fraction of sp³-hybridized carbons (Fsp3) is 0.571. The monoisotopic (exact) mass is 248 g/mol. The third-order valence-corrected chi connectivity index (χ3v) is 3.58. The molecule has 0 saturated heterocycles.